The molecule has 0 aromatic rings. The largest absolute Gasteiger partial charge is 0.391 e. The molecule has 11 heavy (non-hydrogen) atoms. The maximum Gasteiger partial charge on any atom is 0.0796 e. The van der Waals surface area contributed by atoms with Crippen LogP contribution in [0, 0.1) is 0 Å². The first-order valence-electron chi connectivity index (χ1n) is 4.04. The highest BCUT2D eigenvalue weighted by Gasteiger charge is 2.08. The summed E-state index contributed by atoms with van der Waals surface area (Å²) in [4.78, 5) is 0. The average Bonchev–Trinajstić information content (AvgIpc) is 2.03. The molecule has 2 nitrogen and oxygen atoms in total. The van der Waals surface area contributed by atoms with E-state index in [0.29, 0.717) is 6.42 Å². The van der Waals surface area contributed by atoms with Gasteiger partial charge >= 0.3 is 0 Å². The monoisotopic (exact) mass is 160 g/mol. The zero-order chi connectivity index (χ0) is 9.28. The Kier molecular flexibility index (Phi) is 11.6. The predicted octanol–water partition coefficient (Wildman–Crippen LogP) is 1.72. The summed E-state index contributed by atoms with van der Waals surface area (Å²) in [6.07, 6.45) is 1.69. The Morgan fingerprint density at radius 1 is 1.27 bits per heavy atom. The standard InChI is InChI=1S/C7H16O2.C2H4/c1-3-4-5-7(9)6(2)8;1-2/h6-9H,3-5H2,1-2H3;1-2H2. The van der Waals surface area contributed by atoms with Gasteiger partial charge in [0.25, 0.3) is 0 Å². The van der Waals surface area contributed by atoms with E-state index in [4.69, 9.17) is 10.2 Å². The van der Waals surface area contributed by atoms with E-state index in [9.17, 15) is 0 Å². The summed E-state index contributed by atoms with van der Waals surface area (Å²) in [5.74, 6) is 0. The van der Waals surface area contributed by atoms with Gasteiger partial charge in [-0.1, -0.05) is 19.8 Å². The Balaban J connectivity index is 0. The third kappa shape index (κ3) is 9.66. The summed E-state index contributed by atoms with van der Waals surface area (Å²) in [5, 5.41) is 17.8. The minimum atomic E-state index is -0.573. The van der Waals surface area contributed by atoms with Crippen LogP contribution in [0.3, 0.4) is 0 Å². The first-order valence-corrected chi connectivity index (χ1v) is 4.04. The Labute approximate surface area is 69.6 Å². The third-order valence-electron chi connectivity index (χ3n) is 1.41. The number of rotatable bonds is 4. The number of unbranched alkanes of at least 4 members (excludes halogenated alkanes) is 1. The number of hydrogen-bond donors (Lipinski definition) is 2. The van der Waals surface area contributed by atoms with Crippen molar-refractivity contribution >= 4 is 0 Å². The second kappa shape index (κ2) is 9.66. The molecule has 2 N–H and O–H groups in total. The molecule has 0 aliphatic rings. The van der Waals surface area contributed by atoms with Crippen LogP contribution in [-0.2, 0) is 0 Å². The lowest BCUT2D eigenvalue weighted by Gasteiger charge is -2.11. The molecule has 0 bridgehead atoms. The normalized spacial score (nSPS) is 14.5. The number of aliphatic hydroxyl groups excluding tert-OH is 2. The maximum atomic E-state index is 9.01. The van der Waals surface area contributed by atoms with Crippen molar-refractivity contribution in [3.05, 3.63) is 13.2 Å². The van der Waals surface area contributed by atoms with Crippen LogP contribution in [0.1, 0.15) is 33.1 Å². The minimum absolute atomic E-state index is 0.523. The minimum Gasteiger partial charge on any atom is -0.391 e. The molecule has 68 valence electrons. The third-order valence-corrected chi connectivity index (χ3v) is 1.41. The van der Waals surface area contributed by atoms with Crippen molar-refractivity contribution in [1.82, 2.24) is 0 Å². The molecule has 0 radical (unpaired) electrons. The molecule has 0 aliphatic carbocycles. The van der Waals surface area contributed by atoms with E-state index in [1.807, 2.05) is 0 Å². The van der Waals surface area contributed by atoms with Crippen molar-refractivity contribution in [3.8, 4) is 0 Å². The smallest absolute Gasteiger partial charge is 0.0796 e. The van der Waals surface area contributed by atoms with E-state index >= 15 is 0 Å². The van der Waals surface area contributed by atoms with Gasteiger partial charge in [-0.3, -0.25) is 0 Å². The Morgan fingerprint density at radius 3 is 2.00 bits per heavy atom. The second-order valence-corrected chi connectivity index (χ2v) is 2.45. The fourth-order valence-electron chi connectivity index (χ4n) is 0.654. The van der Waals surface area contributed by atoms with Crippen LogP contribution in [0.15, 0.2) is 13.2 Å². The van der Waals surface area contributed by atoms with Crippen LogP contribution in [-0.4, -0.2) is 22.4 Å². The fourth-order valence-corrected chi connectivity index (χ4v) is 0.654. The summed E-state index contributed by atoms with van der Waals surface area (Å²) in [7, 11) is 0. The van der Waals surface area contributed by atoms with Crippen molar-refractivity contribution in [3.63, 3.8) is 0 Å². The number of aliphatic hydroxyl groups is 2. The molecule has 0 rings (SSSR count). The first kappa shape index (κ1) is 13.3. The lowest BCUT2D eigenvalue weighted by molar-refractivity contribution is 0.0250. The lowest BCUT2D eigenvalue weighted by Crippen LogP contribution is -2.21. The molecule has 2 unspecified atom stereocenters. The van der Waals surface area contributed by atoms with E-state index in [0.717, 1.165) is 12.8 Å². The van der Waals surface area contributed by atoms with Crippen molar-refractivity contribution in [2.45, 2.75) is 45.3 Å². The zero-order valence-corrected chi connectivity index (χ0v) is 7.58. The van der Waals surface area contributed by atoms with Crippen molar-refractivity contribution < 1.29 is 10.2 Å². The van der Waals surface area contributed by atoms with Crippen molar-refractivity contribution in [2.75, 3.05) is 0 Å². The molecule has 2 atom stereocenters. The molecule has 0 aromatic carbocycles. The van der Waals surface area contributed by atoms with Gasteiger partial charge in [0.2, 0.25) is 0 Å². The van der Waals surface area contributed by atoms with Crippen LogP contribution < -0.4 is 0 Å². The molecule has 0 saturated heterocycles. The lowest BCUT2D eigenvalue weighted by atomic mass is 10.1. The van der Waals surface area contributed by atoms with Gasteiger partial charge in [-0.05, 0) is 13.3 Å². The summed E-state index contributed by atoms with van der Waals surface area (Å²) < 4.78 is 0. The molecule has 0 spiro atoms. The van der Waals surface area contributed by atoms with Gasteiger partial charge in [0, 0.05) is 0 Å². The second-order valence-electron chi connectivity index (χ2n) is 2.45. The van der Waals surface area contributed by atoms with Crippen LogP contribution in [0.25, 0.3) is 0 Å². The van der Waals surface area contributed by atoms with Crippen LogP contribution in [0.5, 0.6) is 0 Å². The van der Waals surface area contributed by atoms with Crippen LogP contribution in [0.2, 0.25) is 0 Å². The maximum absolute atomic E-state index is 9.01. The summed E-state index contributed by atoms with van der Waals surface area (Å²) >= 11 is 0. The van der Waals surface area contributed by atoms with Crippen molar-refractivity contribution in [2.24, 2.45) is 0 Å². The van der Waals surface area contributed by atoms with E-state index in [2.05, 4.69) is 20.1 Å². The molecule has 0 saturated carbocycles. The van der Waals surface area contributed by atoms with Crippen LogP contribution >= 0.6 is 0 Å². The highest BCUT2D eigenvalue weighted by Crippen LogP contribution is 2.03. The summed E-state index contributed by atoms with van der Waals surface area (Å²) in [5.41, 5.74) is 0. The SMILES string of the molecule is C=C.CCCCC(O)C(C)O. The molecule has 2 heteroatoms. The van der Waals surface area contributed by atoms with Gasteiger partial charge in [-0.15, -0.1) is 13.2 Å². The highest BCUT2D eigenvalue weighted by molar-refractivity contribution is 4.60. The van der Waals surface area contributed by atoms with Crippen molar-refractivity contribution in [1.29, 1.82) is 0 Å². The molecule has 0 aliphatic heterocycles. The Bertz CT molecular complexity index is 72.0. The number of hydrogen-bond acceptors (Lipinski definition) is 2. The van der Waals surface area contributed by atoms with Gasteiger partial charge in [0.15, 0.2) is 0 Å². The average molecular weight is 160 g/mol. The first-order chi connectivity index (χ1) is 5.18. The molecular formula is C9H20O2. The summed E-state index contributed by atoms with van der Waals surface area (Å²) in [6.45, 7) is 9.68. The topological polar surface area (TPSA) is 40.5 Å². The molecule has 0 fully saturated rings. The van der Waals surface area contributed by atoms with E-state index in [-0.39, 0.29) is 0 Å². The van der Waals surface area contributed by atoms with Gasteiger partial charge in [-0.2, -0.15) is 0 Å². The molecule has 0 aromatic heterocycles. The van der Waals surface area contributed by atoms with E-state index in [1.54, 1.807) is 6.92 Å². The summed E-state index contributed by atoms with van der Waals surface area (Å²) in [6, 6.07) is 0. The Morgan fingerprint density at radius 2 is 1.73 bits per heavy atom. The predicted molar refractivity (Wildman–Crippen MR) is 48.5 cm³/mol. The zero-order valence-electron chi connectivity index (χ0n) is 7.58. The van der Waals surface area contributed by atoms with Gasteiger partial charge in [-0.25, -0.2) is 0 Å². The van der Waals surface area contributed by atoms with Crippen LogP contribution in [0.4, 0.5) is 0 Å². The highest BCUT2D eigenvalue weighted by atomic mass is 16.3. The Hall–Kier alpha value is -0.340. The molecule has 0 amide bonds. The molecular weight excluding hydrogens is 140 g/mol. The van der Waals surface area contributed by atoms with Gasteiger partial charge < -0.3 is 10.2 Å². The van der Waals surface area contributed by atoms with Gasteiger partial charge in [0.1, 0.15) is 0 Å². The molecule has 0 heterocycles. The fraction of sp³-hybridized carbons (Fsp3) is 0.778. The van der Waals surface area contributed by atoms with E-state index in [1.165, 1.54) is 0 Å². The quantitative estimate of drug-likeness (QED) is 0.615. The van der Waals surface area contributed by atoms with Gasteiger partial charge in [0.05, 0.1) is 12.2 Å². The van der Waals surface area contributed by atoms with E-state index < -0.39 is 12.2 Å².